The number of nitrogens with one attached hydrogen (secondary N) is 1. The van der Waals surface area contributed by atoms with E-state index in [9.17, 15) is 23.1 Å². The van der Waals surface area contributed by atoms with Crippen LogP contribution in [0.4, 0.5) is 13.2 Å². The van der Waals surface area contributed by atoms with Gasteiger partial charge >= 0.3 is 6.18 Å². The van der Waals surface area contributed by atoms with E-state index in [4.69, 9.17) is 4.74 Å². The minimum absolute atomic E-state index is 0.00874. The van der Waals surface area contributed by atoms with Gasteiger partial charge < -0.3 is 9.84 Å². The van der Waals surface area contributed by atoms with Crippen LogP contribution in [0, 0.1) is 0 Å². The monoisotopic (exact) mass is 458 g/mol. The average molecular weight is 459 g/mol. The summed E-state index contributed by atoms with van der Waals surface area (Å²) in [5.74, 6) is -0.838. The predicted molar refractivity (Wildman–Crippen MR) is 109 cm³/mol. The normalized spacial score (nSPS) is 20.3. The van der Waals surface area contributed by atoms with Crippen LogP contribution in [-0.2, 0) is 18.1 Å². The summed E-state index contributed by atoms with van der Waals surface area (Å²) in [6.07, 6.45) is -3.86. The third kappa shape index (κ3) is 5.52. The molecule has 1 amide bonds. The van der Waals surface area contributed by atoms with E-state index < -0.39 is 23.9 Å². The minimum atomic E-state index is -4.60. The predicted octanol–water partition coefficient (Wildman–Crippen LogP) is 3.08. The van der Waals surface area contributed by atoms with Gasteiger partial charge in [0.1, 0.15) is 17.0 Å². The topological polar surface area (TPSA) is 88.7 Å². The summed E-state index contributed by atoms with van der Waals surface area (Å²) in [5, 5.41) is 18.0. The molecule has 0 aliphatic carbocycles. The molecular formula is C20H25F3N4O3S. The van der Waals surface area contributed by atoms with Crippen molar-refractivity contribution >= 4 is 17.2 Å². The molecule has 7 nitrogen and oxygen atoms in total. The van der Waals surface area contributed by atoms with Gasteiger partial charge in [-0.3, -0.25) is 10.1 Å². The molecule has 2 heterocycles. The molecule has 1 aliphatic rings. The van der Waals surface area contributed by atoms with Crippen LogP contribution in [0.1, 0.15) is 54.5 Å². The molecule has 0 radical (unpaired) electrons. The maximum Gasteiger partial charge on any atom is 0.416 e. The molecule has 2 aromatic rings. The Hall–Kier alpha value is -2.24. The van der Waals surface area contributed by atoms with E-state index in [1.807, 2.05) is 20.8 Å². The Bertz CT molecular complexity index is 1020. The van der Waals surface area contributed by atoms with Crippen molar-refractivity contribution in [3.8, 4) is 5.75 Å². The van der Waals surface area contributed by atoms with E-state index in [2.05, 4.69) is 15.4 Å². The maximum atomic E-state index is 13.1. The molecular weight excluding hydrogens is 433 g/mol. The van der Waals surface area contributed by atoms with Gasteiger partial charge in [0, 0.05) is 11.5 Å². The van der Waals surface area contributed by atoms with Crippen LogP contribution in [0.15, 0.2) is 23.2 Å². The molecule has 1 aromatic heterocycles. The van der Waals surface area contributed by atoms with Gasteiger partial charge in [-0.05, 0) is 31.0 Å². The quantitative estimate of drug-likeness (QED) is 0.735. The number of hydrogen-bond donors (Lipinski definition) is 2. The second-order valence-corrected chi connectivity index (χ2v) is 9.36. The van der Waals surface area contributed by atoms with E-state index >= 15 is 0 Å². The third-order valence-electron chi connectivity index (χ3n) is 4.83. The molecule has 2 atom stereocenters. The summed E-state index contributed by atoms with van der Waals surface area (Å²) in [6, 6.07) is 2.66. The number of rotatable bonds is 4. The summed E-state index contributed by atoms with van der Waals surface area (Å²) in [4.78, 5) is 17.2. The number of alkyl halides is 3. The van der Waals surface area contributed by atoms with Gasteiger partial charge in [0.05, 0.1) is 24.8 Å². The van der Waals surface area contributed by atoms with Crippen molar-refractivity contribution < 1.29 is 27.8 Å². The number of aromatic nitrogens is 2. The number of nitrogens with zero attached hydrogens (tertiary/aromatic N) is 3. The summed E-state index contributed by atoms with van der Waals surface area (Å²) in [5.41, 5.74) is -1.53. The molecule has 3 rings (SSSR count). The first kappa shape index (κ1) is 23.4. The number of carbonyl (C=O) groups is 1. The molecule has 1 fully saturated rings. The second-order valence-electron chi connectivity index (χ2n) is 8.41. The highest BCUT2D eigenvalue weighted by Crippen LogP contribution is 2.33. The molecule has 1 saturated heterocycles. The van der Waals surface area contributed by atoms with Crippen molar-refractivity contribution in [1.82, 2.24) is 15.1 Å². The number of ether oxygens (including phenoxy) is 1. The fourth-order valence-electron chi connectivity index (χ4n) is 3.16. The Morgan fingerprint density at radius 1 is 1.35 bits per heavy atom. The number of aliphatic hydroxyl groups is 1. The van der Waals surface area contributed by atoms with Crippen LogP contribution in [0.3, 0.4) is 0 Å². The molecule has 0 saturated carbocycles. The van der Waals surface area contributed by atoms with Gasteiger partial charge in [-0.15, -0.1) is 0 Å². The maximum absolute atomic E-state index is 13.1. The second kappa shape index (κ2) is 8.71. The first-order valence-electron chi connectivity index (χ1n) is 9.75. The highest BCUT2D eigenvalue weighted by Gasteiger charge is 2.32. The molecule has 1 aromatic carbocycles. The van der Waals surface area contributed by atoms with Gasteiger partial charge in [-0.1, -0.05) is 32.1 Å². The smallest absolute Gasteiger partial charge is 0.416 e. The summed E-state index contributed by atoms with van der Waals surface area (Å²) >= 11 is 1.21. The first-order valence-corrected chi connectivity index (χ1v) is 10.6. The summed E-state index contributed by atoms with van der Waals surface area (Å²) in [7, 11) is 1.28. The van der Waals surface area contributed by atoms with Gasteiger partial charge in [0.25, 0.3) is 5.91 Å². The molecule has 170 valence electrons. The molecule has 1 aliphatic heterocycles. The van der Waals surface area contributed by atoms with E-state index in [0.717, 1.165) is 29.6 Å². The average Bonchev–Trinajstić information content (AvgIpc) is 3.26. The molecule has 11 heteroatoms. The molecule has 0 unspecified atom stereocenters. The van der Waals surface area contributed by atoms with E-state index in [-0.39, 0.29) is 27.6 Å². The summed E-state index contributed by atoms with van der Waals surface area (Å²) < 4.78 is 46.0. The van der Waals surface area contributed by atoms with Crippen LogP contribution in [0.2, 0.25) is 0 Å². The van der Waals surface area contributed by atoms with Crippen LogP contribution in [-0.4, -0.2) is 40.2 Å². The zero-order valence-electron chi connectivity index (χ0n) is 17.7. The Balaban J connectivity index is 2.04. The standard InChI is InChI=1S/C20H25F3N4O3S/c1-19(2,3)17-26-27(10-12-6-8-15(28)24-12)18(31-17)25-16(29)13-9-11(20(21,22)23)5-7-14(13)30-4/h5,7,9,12,15,24,28H,6,8,10H2,1-4H3/t12-,15-/m1/s1. The lowest BCUT2D eigenvalue weighted by atomic mass is 9.98. The van der Waals surface area contributed by atoms with Crippen molar-refractivity contribution in [2.45, 2.75) is 64.0 Å². The zero-order chi connectivity index (χ0) is 23.0. The van der Waals surface area contributed by atoms with Crippen LogP contribution in [0.5, 0.6) is 5.75 Å². The van der Waals surface area contributed by atoms with Gasteiger partial charge in [-0.25, -0.2) is 4.68 Å². The van der Waals surface area contributed by atoms with Crippen LogP contribution < -0.4 is 14.9 Å². The van der Waals surface area contributed by atoms with Crippen LogP contribution in [0.25, 0.3) is 0 Å². The number of halogens is 3. The fourth-order valence-corrected chi connectivity index (χ4v) is 4.13. The lowest BCUT2D eigenvalue weighted by Crippen LogP contribution is -2.35. The van der Waals surface area contributed by atoms with Crippen molar-refractivity contribution in [3.63, 3.8) is 0 Å². The van der Waals surface area contributed by atoms with Gasteiger partial charge in [-0.2, -0.15) is 23.3 Å². The Morgan fingerprint density at radius 3 is 2.61 bits per heavy atom. The van der Waals surface area contributed by atoms with Crippen molar-refractivity contribution in [1.29, 1.82) is 0 Å². The Labute approximate surface area is 181 Å². The highest BCUT2D eigenvalue weighted by atomic mass is 32.1. The van der Waals surface area contributed by atoms with E-state index in [0.29, 0.717) is 13.0 Å². The lowest BCUT2D eigenvalue weighted by molar-refractivity contribution is -0.137. The van der Waals surface area contributed by atoms with Crippen LogP contribution >= 0.6 is 11.3 Å². The number of carbonyl (C=O) groups excluding carboxylic acids is 1. The molecule has 2 N–H and O–H groups in total. The van der Waals surface area contributed by atoms with Crippen molar-refractivity contribution in [3.05, 3.63) is 39.1 Å². The Kier molecular flexibility index (Phi) is 6.59. The number of hydrogen-bond acceptors (Lipinski definition) is 6. The number of aliphatic hydroxyl groups excluding tert-OH is 1. The summed E-state index contributed by atoms with van der Waals surface area (Å²) in [6.45, 7) is 6.27. The molecule has 0 bridgehead atoms. The SMILES string of the molecule is COc1ccc(C(F)(F)F)cc1C(=O)N=c1sc(C(C)(C)C)nn1C[C@H]1CC[C@@H](O)N1. The Morgan fingerprint density at radius 2 is 2.06 bits per heavy atom. The van der Waals surface area contributed by atoms with E-state index in [1.54, 1.807) is 4.68 Å². The first-order chi connectivity index (χ1) is 14.4. The number of methoxy groups -OCH3 is 1. The number of benzene rings is 1. The zero-order valence-corrected chi connectivity index (χ0v) is 18.5. The molecule has 31 heavy (non-hydrogen) atoms. The lowest BCUT2D eigenvalue weighted by Gasteiger charge is -2.14. The largest absolute Gasteiger partial charge is 0.496 e. The minimum Gasteiger partial charge on any atom is -0.496 e. The van der Waals surface area contributed by atoms with Crippen molar-refractivity contribution in [2.24, 2.45) is 4.99 Å². The van der Waals surface area contributed by atoms with Gasteiger partial charge in [0.2, 0.25) is 4.80 Å². The number of amides is 1. The van der Waals surface area contributed by atoms with Gasteiger partial charge in [0.15, 0.2) is 0 Å². The fraction of sp³-hybridized carbons (Fsp3) is 0.550. The van der Waals surface area contributed by atoms with E-state index in [1.165, 1.54) is 18.4 Å². The van der Waals surface area contributed by atoms with Crippen molar-refractivity contribution in [2.75, 3.05) is 7.11 Å². The molecule has 0 spiro atoms. The highest BCUT2D eigenvalue weighted by molar-refractivity contribution is 7.09. The third-order valence-corrected chi connectivity index (χ3v) is 6.20.